The maximum Gasteiger partial charge on any atom is 0.0178 e. The van der Waals surface area contributed by atoms with Crippen molar-refractivity contribution < 1.29 is 0 Å². The van der Waals surface area contributed by atoms with Crippen LogP contribution in [-0.2, 0) is 6.42 Å². The van der Waals surface area contributed by atoms with Gasteiger partial charge in [0.15, 0.2) is 0 Å². The van der Waals surface area contributed by atoms with Gasteiger partial charge in [0.25, 0.3) is 0 Å². The zero-order chi connectivity index (χ0) is 18.4. The van der Waals surface area contributed by atoms with Gasteiger partial charge in [0, 0.05) is 4.47 Å². The van der Waals surface area contributed by atoms with Crippen molar-refractivity contribution in [2.75, 3.05) is 0 Å². The molecule has 140 valence electrons. The monoisotopic (exact) mass is 412 g/mol. The van der Waals surface area contributed by atoms with Gasteiger partial charge in [-0.2, -0.15) is 0 Å². The first-order valence-corrected chi connectivity index (χ1v) is 11.4. The first-order chi connectivity index (χ1) is 12.7. The van der Waals surface area contributed by atoms with Crippen molar-refractivity contribution in [2.24, 2.45) is 5.92 Å². The van der Waals surface area contributed by atoms with E-state index in [1.54, 1.807) is 5.56 Å². The summed E-state index contributed by atoms with van der Waals surface area (Å²) < 4.78 is 1.17. The summed E-state index contributed by atoms with van der Waals surface area (Å²) in [4.78, 5) is 0. The Morgan fingerprint density at radius 1 is 0.885 bits per heavy atom. The summed E-state index contributed by atoms with van der Waals surface area (Å²) in [6.07, 6.45) is 12.4. The minimum Gasteiger partial charge on any atom is -0.0654 e. The number of hydrogen-bond donors (Lipinski definition) is 0. The average Bonchev–Trinajstić information content (AvgIpc) is 2.69. The zero-order valence-electron chi connectivity index (χ0n) is 16.4. The smallest absolute Gasteiger partial charge is 0.0178 e. The summed E-state index contributed by atoms with van der Waals surface area (Å²) in [5, 5.41) is 0. The van der Waals surface area contributed by atoms with Gasteiger partial charge in [0.2, 0.25) is 0 Å². The molecular formula is C25H33Br. The summed E-state index contributed by atoms with van der Waals surface area (Å²) >= 11 is 3.60. The van der Waals surface area contributed by atoms with Crippen molar-refractivity contribution in [1.29, 1.82) is 0 Å². The van der Waals surface area contributed by atoms with Crippen molar-refractivity contribution in [3.63, 3.8) is 0 Å². The minimum absolute atomic E-state index is 0.780. The highest BCUT2D eigenvalue weighted by molar-refractivity contribution is 9.10. The van der Waals surface area contributed by atoms with E-state index in [4.69, 9.17) is 0 Å². The molecule has 0 amide bonds. The van der Waals surface area contributed by atoms with Crippen molar-refractivity contribution in [1.82, 2.24) is 0 Å². The number of unbranched alkanes of at least 4 members (excludes halogenated alkanes) is 2. The maximum atomic E-state index is 3.60. The molecule has 2 aromatic rings. The second-order valence-electron chi connectivity index (χ2n) is 7.99. The summed E-state index contributed by atoms with van der Waals surface area (Å²) in [6, 6.07) is 16.1. The van der Waals surface area contributed by atoms with Gasteiger partial charge in [-0.25, -0.2) is 0 Å². The van der Waals surface area contributed by atoms with Crippen LogP contribution in [0.2, 0.25) is 0 Å². The van der Waals surface area contributed by atoms with Gasteiger partial charge in [-0.3, -0.25) is 0 Å². The lowest BCUT2D eigenvalue weighted by Gasteiger charge is -2.29. The van der Waals surface area contributed by atoms with E-state index in [-0.39, 0.29) is 0 Å². The van der Waals surface area contributed by atoms with Crippen LogP contribution in [0.4, 0.5) is 0 Å². The van der Waals surface area contributed by atoms with Crippen LogP contribution in [0.25, 0.3) is 11.1 Å². The van der Waals surface area contributed by atoms with Gasteiger partial charge in [-0.15, -0.1) is 0 Å². The Labute approximate surface area is 168 Å². The van der Waals surface area contributed by atoms with Crippen LogP contribution >= 0.6 is 15.9 Å². The molecule has 0 aliphatic heterocycles. The maximum absolute atomic E-state index is 3.60. The molecule has 1 aliphatic carbocycles. The van der Waals surface area contributed by atoms with E-state index in [0.717, 1.165) is 18.3 Å². The number of rotatable bonds is 7. The third-order valence-corrected chi connectivity index (χ3v) is 6.70. The lowest BCUT2D eigenvalue weighted by atomic mass is 9.77. The fourth-order valence-corrected chi connectivity index (χ4v) is 4.95. The molecule has 3 rings (SSSR count). The SMILES string of the molecule is CCCCCC1CCC(c2ccc(-c3ccc(Br)cc3CC)cc2)CC1. The Balaban J connectivity index is 1.62. The van der Waals surface area contributed by atoms with Crippen LogP contribution in [0.5, 0.6) is 0 Å². The lowest BCUT2D eigenvalue weighted by molar-refractivity contribution is 0.303. The van der Waals surface area contributed by atoms with Gasteiger partial charge in [-0.1, -0.05) is 85.8 Å². The predicted octanol–water partition coefficient (Wildman–Crippen LogP) is 8.53. The number of hydrogen-bond acceptors (Lipinski definition) is 0. The standard InChI is InChI=1S/C25H33Br/c1-3-5-6-7-19-8-10-21(11-9-19)22-12-14-23(15-13-22)25-17-16-24(26)18-20(25)4-2/h12-19,21H,3-11H2,1-2H3. The van der Waals surface area contributed by atoms with Gasteiger partial charge >= 0.3 is 0 Å². The summed E-state index contributed by atoms with van der Waals surface area (Å²) in [5.74, 6) is 1.77. The Hall–Kier alpha value is -1.08. The molecule has 0 unspecified atom stereocenters. The van der Waals surface area contributed by atoms with Crippen molar-refractivity contribution in [3.8, 4) is 11.1 Å². The highest BCUT2D eigenvalue weighted by Gasteiger charge is 2.22. The van der Waals surface area contributed by atoms with E-state index in [9.17, 15) is 0 Å². The molecule has 0 radical (unpaired) electrons. The van der Waals surface area contributed by atoms with Crippen LogP contribution < -0.4 is 0 Å². The average molecular weight is 413 g/mol. The Kier molecular flexibility index (Phi) is 7.37. The first-order valence-electron chi connectivity index (χ1n) is 10.6. The summed E-state index contributed by atoms with van der Waals surface area (Å²) in [7, 11) is 0. The normalized spacial score (nSPS) is 20.3. The predicted molar refractivity (Wildman–Crippen MR) is 118 cm³/mol. The molecule has 0 bridgehead atoms. The minimum atomic E-state index is 0.780. The van der Waals surface area contributed by atoms with E-state index >= 15 is 0 Å². The second-order valence-corrected chi connectivity index (χ2v) is 8.91. The Morgan fingerprint density at radius 2 is 1.62 bits per heavy atom. The fraction of sp³-hybridized carbons (Fsp3) is 0.520. The summed E-state index contributed by atoms with van der Waals surface area (Å²) in [5.41, 5.74) is 5.70. The highest BCUT2D eigenvalue weighted by Crippen LogP contribution is 2.38. The van der Waals surface area contributed by atoms with E-state index in [1.807, 2.05) is 0 Å². The molecule has 26 heavy (non-hydrogen) atoms. The van der Waals surface area contributed by atoms with Gasteiger partial charge in [0.1, 0.15) is 0 Å². The highest BCUT2D eigenvalue weighted by atomic mass is 79.9. The van der Waals surface area contributed by atoms with E-state index in [1.165, 1.54) is 72.5 Å². The van der Waals surface area contributed by atoms with Crippen LogP contribution in [0, 0.1) is 5.92 Å². The molecule has 0 saturated heterocycles. The third kappa shape index (κ3) is 5.00. The molecule has 1 aliphatic rings. The molecule has 0 nitrogen and oxygen atoms in total. The van der Waals surface area contributed by atoms with E-state index in [0.29, 0.717) is 0 Å². The van der Waals surface area contributed by atoms with Crippen LogP contribution in [0.3, 0.4) is 0 Å². The Morgan fingerprint density at radius 3 is 2.27 bits per heavy atom. The molecule has 2 aromatic carbocycles. The number of benzene rings is 2. The first kappa shape index (κ1) is 19.7. The lowest BCUT2D eigenvalue weighted by Crippen LogP contribution is -2.13. The molecule has 1 saturated carbocycles. The van der Waals surface area contributed by atoms with E-state index < -0.39 is 0 Å². The van der Waals surface area contributed by atoms with Crippen molar-refractivity contribution in [2.45, 2.75) is 77.6 Å². The van der Waals surface area contributed by atoms with Gasteiger partial charge < -0.3 is 0 Å². The topological polar surface area (TPSA) is 0 Å². The van der Waals surface area contributed by atoms with Gasteiger partial charge in [0.05, 0.1) is 0 Å². The van der Waals surface area contributed by atoms with Crippen molar-refractivity contribution >= 4 is 15.9 Å². The molecule has 0 aromatic heterocycles. The Bertz CT molecular complexity index is 678. The molecule has 1 heteroatoms. The van der Waals surface area contributed by atoms with Crippen LogP contribution in [0.1, 0.15) is 82.3 Å². The molecule has 0 atom stereocenters. The zero-order valence-corrected chi connectivity index (χ0v) is 18.0. The molecular weight excluding hydrogens is 380 g/mol. The second kappa shape index (κ2) is 9.74. The quantitative estimate of drug-likeness (QED) is 0.399. The van der Waals surface area contributed by atoms with Crippen LogP contribution in [0.15, 0.2) is 46.9 Å². The largest absolute Gasteiger partial charge is 0.0654 e. The number of halogens is 1. The van der Waals surface area contributed by atoms with Crippen LogP contribution in [-0.4, -0.2) is 0 Å². The molecule has 0 spiro atoms. The van der Waals surface area contributed by atoms with Gasteiger partial charge in [-0.05, 0) is 78.3 Å². The third-order valence-electron chi connectivity index (χ3n) is 6.20. The summed E-state index contributed by atoms with van der Waals surface area (Å²) in [6.45, 7) is 4.54. The molecule has 1 fully saturated rings. The van der Waals surface area contributed by atoms with Crippen molar-refractivity contribution in [3.05, 3.63) is 58.1 Å². The molecule has 0 heterocycles. The molecule has 0 N–H and O–H groups in total. The van der Waals surface area contributed by atoms with E-state index in [2.05, 4.69) is 72.2 Å². The number of aryl methyl sites for hydroxylation is 1. The fourth-order valence-electron chi connectivity index (χ4n) is 4.54.